The minimum Gasteiger partial charge on any atom is -0.480 e. The molecule has 0 radical (unpaired) electrons. The van der Waals surface area contributed by atoms with Crippen molar-refractivity contribution >= 4 is 29.3 Å². The maximum absolute atomic E-state index is 11.6. The van der Waals surface area contributed by atoms with Crippen molar-refractivity contribution in [1.29, 1.82) is 0 Å². The number of aliphatic carboxylic acids is 1. The number of hydrogen-bond donors (Lipinski definition) is 2. The van der Waals surface area contributed by atoms with Gasteiger partial charge in [0.05, 0.1) is 17.3 Å². The number of amides is 1. The molecule has 1 unspecified atom stereocenters. The Balaban J connectivity index is 2.48. The molecule has 1 atom stereocenters. The molecule has 0 heterocycles. The van der Waals surface area contributed by atoms with Gasteiger partial charge in [-0.15, -0.1) is 11.8 Å². The lowest BCUT2D eigenvalue weighted by Crippen LogP contribution is -2.44. The van der Waals surface area contributed by atoms with Gasteiger partial charge in [0, 0.05) is 24.1 Å². The molecule has 1 amide bonds. The molecular weight excluding hydrogens is 300 g/mol. The summed E-state index contributed by atoms with van der Waals surface area (Å²) in [6.45, 7) is -0.122. The number of thioether (sulfide) groups is 1. The highest BCUT2D eigenvalue weighted by Crippen LogP contribution is 2.21. The van der Waals surface area contributed by atoms with Crippen LogP contribution in [-0.4, -0.2) is 47.4 Å². The molecule has 0 aromatic heterocycles. The summed E-state index contributed by atoms with van der Waals surface area (Å²) in [5, 5.41) is 21.7. The van der Waals surface area contributed by atoms with E-state index in [0.29, 0.717) is 4.90 Å². The summed E-state index contributed by atoms with van der Waals surface area (Å²) < 4.78 is 4.70. The number of ether oxygens (including phenoxy) is 1. The second kappa shape index (κ2) is 8.22. The molecular formula is C12H14N2O6S. The Morgan fingerprint density at radius 3 is 2.52 bits per heavy atom. The third-order valence-corrected chi connectivity index (χ3v) is 3.40. The molecule has 1 aromatic rings. The molecule has 0 bridgehead atoms. The van der Waals surface area contributed by atoms with Crippen LogP contribution in [0.15, 0.2) is 29.2 Å². The highest BCUT2D eigenvalue weighted by molar-refractivity contribution is 8.00. The van der Waals surface area contributed by atoms with Crippen LogP contribution in [0.3, 0.4) is 0 Å². The lowest BCUT2D eigenvalue weighted by atomic mass is 10.3. The number of methoxy groups -OCH3 is 1. The first-order valence-corrected chi connectivity index (χ1v) is 6.81. The number of nitrogens with zero attached hydrogens (tertiary/aromatic N) is 1. The van der Waals surface area contributed by atoms with Crippen molar-refractivity contribution in [3.05, 3.63) is 34.4 Å². The second-order valence-corrected chi connectivity index (χ2v) is 5.00. The predicted octanol–water partition coefficient (Wildman–Crippen LogP) is 0.903. The van der Waals surface area contributed by atoms with Gasteiger partial charge in [-0.3, -0.25) is 14.9 Å². The van der Waals surface area contributed by atoms with Crippen molar-refractivity contribution in [2.45, 2.75) is 10.9 Å². The molecule has 0 aliphatic carbocycles. The molecule has 0 aliphatic rings. The van der Waals surface area contributed by atoms with E-state index in [1.165, 1.54) is 31.4 Å². The van der Waals surface area contributed by atoms with Gasteiger partial charge in [0.15, 0.2) is 6.04 Å². The first kappa shape index (κ1) is 16.9. The van der Waals surface area contributed by atoms with Crippen LogP contribution in [-0.2, 0) is 14.3 Å². The monoisotopic (exact) mass is 314 g/mol. The molecule has 0 saturated heterocycles. The van der Waals surface area contributed by atoms with E-state index in [2.05, 4.69) is 5.32 Å². The van der Waals surface area contributed by atoms with E-state index in [9.17, 15) is 19.7 Å². The molecule has 114 valence electrons. The average molecular weight is 314 g/mol. The van der Waals surface area contributed by atoms with E-state index in [0.717, 1.165) is 11.8 Å². The number of nitro groups is 1. The molecule has 1 aromatic carbocycles. The van der Waals surface area contributed by atoms with Crippen molar-refractivity contribution in [1.82, 2.24) is 5.32 Å². The van der Waals surface area contributed by atoms with Crippen LogP contribution in [0.25, 0.3) is 0 Å². The van der Waals surface area contributed by atoms with E-state index in [-0.39, 0.29) is 18.0 Å². The summed E-state index contributed by atoms with van der Waals surface area (Å²) in [6, 6.07) is 4.64. The molecule has 2 N–H and O–H groups in total. The number of carboxylic acids is 1. The van der Waals surface area contributed by atoms with Gasteiger partial charge in [-0.1, -0.05) is 0 Å². The Morgan fingerprint density at radius 2 is 2.05 bits per heavy atom. The predicted molar refractivity (Wildman–Crippen MR) is 75.3 cm³/mol. The number of carbonyl (C=O) groups is 2. The normalized spacial score (nSPS) is 11.7. The smallest absolute Gasteiger partial charge is 0.328 e. The van der Waals surface area contributed by atoms with Crippen LogP contribution in [0.4, 0.5) is 5.69 Å². The Hall–Kier alpha value is -2.13. The summed E-state index contributed by atoms with van der Waals surface area (Å²) >= 11 is 1.15. The summed E-state index contributed by atoms with van der Waals surface area (Å²) in [7, 11) is 1.34. The third-order valence-electron chi connectivity index (χ3n) is 2.38. The number of carboxylic acid groups (broad SMARTS) is 1. The van der Waals surface area contributed by atoms with Crippen molar-refractivity contribution in [2.75, 3.05) is 19.5 Å². The number of carbonyl (C=O) groups excluding carboxylic acids is 1. The Morgan fingerprint density at radius 1 is 1.43 bits per heavy atom. The minimum absolute atomic E-state index is 0.00526. The number of rotatable bonds is 8. The Bertz CT molecular complexity index is 519. The number of non-ortho nitro benzene ring substituents is 1. The first-order valence-electron chi connectivity index (χ1n) is 5.82. The van der Waals surface area contributed by atoms with Crippen molar-refractivity contribution < 1.29 is 24.4 Å². The zero-order chi connectivity index (χ0) is 15.8. The average Bonchev–Trinajstić information content (AvgIpc) is 2.45. The SMILES string of the molecule is COCC(NC(=O)CSc1ccc([N+](=O)[O-])cc1)C(=O)O. The van der Waals surface area contributed by atoms with E-state index < -0.39 is 22.8 Å². The van der Waals surface area contributed by atoms with Gasteiger partial charge >= 0.3 is 5.97 Å². The zero-order valence-electron chi connectivity index (χ0n) is 11.1. The quantitative estimate of drug-likeness (QED) is 0.415. The van der Waals surface area contributed by atoms with Gasteiger partial charge < -0.3 is 15.2 Å². The number of benzene rings is 1. The molecule has 8 nitrogen and oxygen atoms in total. The third kappa shape index (κ3) is 5.79. The number of nitro benzene ring substituents is 1. The number of nitrogens with one attached hydrogen (secondary N) is 1. The molecule has 0 saturated carbocycles. The molecule has 21 heavy (non-hydrogen) atoms. The molecule has 9 heteroatoms. The number of hydrogen-bond acceptors (Lipinski definition) is 6. The highest BCUT2D eigenvalue weighted by Gasteiger charge is 2.19. The largest absolute Gasteiger partial charge is 0.480 e. The lowest BCUT2D eigenvalue weighted by molar-refractivity contribution is -0.384. The van der Waals surface area contributed by atoms with Crippen LogP contribution >= 0.6 is 11.8 Å². The van der Waals surface area contributed by atoms with Crippen molar-refractivity contribution in [2.24, 2.45) is 0 Å². The van der Waals surface area contributed by atoms with Crippen LogP contribution in [0, 0.1) is 10.1 Å². The summed E-state index contributed by atoms with van der Waals surface area (Å²) in [5.41, 5.74) is -0.0326. The first-order chi connectivity index (χ1) is 9.93. The van der Waals surface area contributed by atoms with Crippen LogP contribution < -0.4 is 5.32 Å². The standard InChI is InChI=1S/C12H14N2O6S/c1-20-6-10(12(16)17)13-11(15)7-21-9-4-2-8(3-5-9)14(18)19/h2-5,10H,6-7H2,1H3,(H,13,15)(H,16,17). The second-order valence-electron chi connectivity index (χ2n) is 3.95. The van der Waals surface area contributed by atoms with Crippen molar-refractivity contribution in [3.63, 3.8) is 0 Å². The van der Waals surface area contributed by atoms with E-state index >= 15 is 0 Å². The van der Waals surface area contributed by atoms with Gasteiger partial charge in [0.2, 0.25) is 5.91 Å². The molecule has 0 aliphatic heterocycles. The van der Waals surface area contributed by atoms with E-state index in [1.54, 1.807) is 0 Å². The van der Waals surface area contributed by atoms with E-state index in [4.69, 9.17) is 9.84 Å². The molecule has 0 spiro atoms. The maximum atomic E-state index is 11.6. The fourth-order valence-corrected chi connectivity index (χ4v) is 2.10. The topological polar surface area (TPSA) is 119 Å². The summed E-state index contributed by atoms with van der Waals surface area (Å²) in [4.78, 5) is 33.1. The van der Waals surface area contributed by atoms with E-state index in [1.807, 2.05) is 0 Å². The highest BCUT2D eigenvalue weighted by atomic mass is 32.2. The van der Waals surface area contributed by atoms with Gasteiger partial charge in [-0.2, -0.15) is 0 Å². The molecule has 0 fully saturated rings. The Labute approximate surface area is 124 Å². The van der Waals surface area contributed by atoms with Gasteiger partial charge in [-0.25, -0.2) is 4.79 Å². The fourth-order valence-electron chi connectivity index (χ4n) is 1.39. The van der Waals surface area contributed by atoms with Crippen LogP contribution in [0.5, 0.6) is 0 Å². The van der Waals surface area contributed by atoms with Gasteiger partial charge in [-0.05, 0) is 12.1 Å². The van der Waals surface area contributed by atoms with Crippen LogP contribution in [0.2, 0.25) is 0 Å². The Kier molecular flexibility index (Phi) is 6.63. The van der Waals surface area contributed by atoms with Crippen molar-refractivity contribution in [3.8, 4) is 0 Å². The zero-order valence-corrected chi connectivity index (χ0v) is 12.0. The summed E-state index contributed by atoms with van der Waals surface area (Å²) in [5.74, 6) is -1.63. The van der Waals surface area contributed by atoms with Crippen LogP contribution in [0.1, 0.15) is 0 Å². The van der Waals surface area contributed by atoms with Gasteiger partial charge in [0.25, 0.3) is 5.69 Å². The lowest BCUT2D eigenvalue weighted by Gasteiger charge is -2.13. The fraction of sp³-hybridized carbons (Fsp3) is 0.333. The molecule has 1 rings (SSSR count). The summed E-state index contributed by atoms with van der Waals surface area (Å²) in [6.07, 6.45) is 0. The van der Waals surface area contributed by atoms with Gasteiger partial charge in [0.1, 0.15) is 0 Å². The maximum Gasteiger partial charge on any atom is 0.328 e. The minimum atomic E-state index is -1.18.